The Balaban J connectivity index is 0.685. The number of allylic oxidation sites excluding steroid dienone is 1. The van der Waals surface area contributed by atoms with Crippen molar-refractivity contribution in [2.45, 2.75) is 102 Å². The fraction of sp³-hybridized carbons (Fsp3) is 0.509. The van der Waals surface area contributed by atoms with Crippen molar-refractivity contribution < 1.29 is 32.9 Å². The van der Waals surface area contributed by atoms with Crippen LogP contribution in [-0.2, 0) is 11.2 Å². The Morgan fingerprint density at radius 1 is 0.944 bits per heavy atom. The van der Waals surface area contributed by atoms with Crippen molar-refractivity contribution in [3.63, 3.8) is 0 Å². The first-order valence-electron chi connectivity index (χ1n) is 25.9. The Bertz CT molecular complexity index is 3200. The maximum atomic E-state index is 17.2. The number of likely N-dealkylation sites (tertiary alicyclic amines) is 1. The molecular weight excluding hydrogens is 921 g/mol. The van der Waals surface area contributed by atoms with Gasteiger partial charge in [-0.1, -0.05) is 19.6 Å². The molecule has 1 unspecified atom stereocenters. The van der Waals surface area contributed by atoms with Crippen LogP contribution in [0.25, 0.3) is 44.0 Å². The van der Waals surface area contributed by atoms with Gasteiger partial charge in [0.2, 0.25) is 5.91 Å². The van der Waals surface area contributed by atoms with E-state index in [0.717, 1.165) is 70.8 Å². The largest absolute Gasteiger partial charge is 0.508 e. The number of oxazole rings is 1. The number of phenolic OH excluding ortho intramolecular Hbond substituents is 1. The normalized spacial score (nSPS) is 23.8. The molecule has 6 aromatic rings. The van der Waals surface area contributed by atoms with Crippen LogP contribution in [0.2, 0.25) is 0 Å². The highest BCUT2D eigenvalue weighted by Crippen LogP contribution is 2.53. The lowest BCUT2D eigenvalue weighted by atomic mass is 9.60. The van der Waals surface area contributed by atoms with E-state index in [1.807, 2.05) is 30.0 Å². The topological polar surface area (TPSA) is 166 Å². The fourth-order valence-corrected chi connectivity index (χ4v) is 12.8. The number of hydrogen-bond donors (Lipinski definition) is 3. The second-order valence-electron chi connectivity index (χ2n) is 22.2. The number of amides is 1. The van der Waals surface area contributed by atoms with Crippen molar-refractivity contribution in [3.05, 3.63) is 88.7 Å². The number of halogens is 2. The third-order valence-electron chi connectivity index (χ3n) is 17.1. The van der Waals surface area contributed by atoms with Gasteiger partial charge >= 0.3 is 11.8 Å². The zero-order chi connectivity index (χ0) is 49.7. The maximum Gasteiger partial charge on any atom is 0.420 e. The summed E-state index contributed by atoms with van der Waals surface area (Å²) in [6, 6.07) is 11.8. The van der Waals surface area contributed by atoms with Gasteiger partial charge < -0.3 is 39.4 Å². The van der Waals surface area contributed by atoms with Crippen molar-refractivity contribution in [2.24, 2.45) is 10.8 Å². The lowest BCUT2D eigenvalue weighted by Crippen LogP contribution is -2.59. The zero-order valence-electron chi connectivity index (χ0n) is 41.2. The third kappa shape index (κ3) is 8.53. The van der Waals surface area contributed by atoms with Crippen LogP contribution >= 0.6 is 0 Å². The van der Waals surface area contributed by atoms with E-state index in [9.17, 15) is 19.8 Å². The van der Waals surface area contributed by atoms with Gasteiger partial charge in [-0.3, -0.25) is 19.2 Å². The SMILES string of the molecule is C=C1CCC(n2c(=O)oc3cc(N4CCN(C5CC6(CCN(CC7(COc8nc(N9CCC[C@@](C)(O)C9)c9cnc(-c%10cc(O)cc%11ccc(F)c(CC)c%10%11)c(F)c9n8)CC7)CC6)C5)CC4)ccc32)C(=O)N1. The summed E-state index contributed by atoms with van der Waals surface area (Å²) in [6.45, 7) is 15.5. The number of benzene rings is 3. The summed E-state index contributed by atoms with van der Waals surface area (Å²) in [6.07, 6.45) is 11.2. The van der Waals surface area contributed by atoms with Gasteiger partial charge in [-0.15, -0.1) is 0 Å². The van der Waals surface area contributed by atoms with E-state index in [2.05, 4.69) is 31.6 Å². The fourth-order valence-electron chi connectivity index (χ4n) is 12.8. The molecule has 1 spiro atoms. The number of phenols is 1. The van der Waals surface area contributed by atoms with Crippen LogP contribution in [0.5, 0.6) is 11.8 Å². The number of anilines is 2. The monoisotopic (exact) mass is 983 g/mol. The van der Waals surface area contributed by atoms with E-state index in [1.165, 1.54) is 42.4 Å². The number of hydrogen-bond acceptors (Lipinski definition) is 13. The molecule has 12 rings (SSSR count). The number of fused-ring (bicyclic) bond motifs is 3. The number of aromatic nitrogens is 4. The number of nitrogens with one attached hydrogen (secondary N) is 1. The van der Waals surface area contributed by atoms with Crippen LogP contribution < -0.4 is 25.6 Å². The van der Waals surface area contributed by atoms with Gasteiger partial charge in [-0.25, -0.2) is 13.6 Å². The van der Waals surface area contributed by atoms with Crippen LogP contribution in [0.1, 0.15) is 89.7 Å². The molecule has 0 radical (unpaired) electrons. The second kappa shape index (κ2) is 17.8. The van der Waals surface area contributed by atoms with E-state index in [-0.39, 0.29) is 39.9 Å². The number of nitrogens with zero attached hydrogens (tertiary/aromatic N) is 8. The molecule has 7 heterocycles. The van der Waals surface area contributed by atoms with E-state index in [0.29, 0.717) is 101 Å². The molecule has 2 saturated carbocycles. The van der Waals surface area contributed by atoms with Crippen molar-refractivity contribution in [2.75, 3.05) is 75.3 Å². The minimum atomic E-state index is -0.963. The average molecular weight is 984 g/mol. The molecule has 3 N–H and O–H groups in total. The summed E-state index contributed by atoms with van der Waals surface area (Å²) in [7, 11) is 0. The first-order chi connectivity index (χ1) is 34.7. The lowest BCUT2D eigenvalue weighted by Gasteiger charge is -2.56. The highest BCUT2D eigenvalue weighted by molar-refractivity contribution is 6.02. The highest BCUT2D eigenvalue weighted by Gasteiger charge is 2.51. The summed E-state index contributed by atoms with van der Waals surface area (Å²) in [4.78, 5) is 49.4. The molecule has 0 bridgehead atoms. The number of carbonyl (C=O) groups is 1. The van der Waals surface area contributed by atoms with Crippen LogP contribution in [0.4, 0.5) is 20.3 Å². The lowest BCUT2D eigenvalue weighted by molar-refractivity contribution is -0.124. The number of ether oxygens (including phenoxy) is 1. The quantitative estimate of drug-likeness (QED) is 0.115. The molecule has 17 heteroatoms. The number of piperazine rings is 1. The van der Waals surface area contributed by atoms with Crippen molar-refractivity contribution in [1.82, 2.24) is 34.6 Å². The number of piperidine rings is 3. The Morgan fingerprint density at radius 3 is 2.47 bits per heavy atom. The zero-order valence-corrected chi connectivity index (χ0v) is 41.2. The summed E-state index contributed by atoms with van der Waals surface area (Å²) in [5.41, 5.74) is 2.84. The van der Waals surface area contributed by atoms with Gasteiger partial charge in [0.1, 0.15) is 34.6 Å². The summed E-state index contributed by atoms with van der Waals surface area (Å²) < 4.78 is 46.0. The molecule has 15 nitrogen and oxygen atoms in total. The Kier molecular flexibility index (Phi) is 11.6. The number of aromatic hydroxyl groups is 1. The van der Waals surface area contributed by atoms with E-state index < -0.39 is 29.0 Å². The van der Waals surface area contributed by atoms with Crippen LogP contribution in [0.3, 0.4) is 0 Å². The van der Waals surface area contributed by atoms with E-state index in [4.69, 9.17) is 19.1 Å². The molecule has 4 saturated heterocycles. The minimum Gasteiger partial charge on any atom is -0.508 e. The molecule has 2 aliphatic carbocycles. The van der Waals surface area contributed by atoms with Gasteiger partial charge in [0.25, 0.3) is 0 Å². The molecule has 1 amide bonds. The standard InChI is InChI=1S/C55H63F2N9O6/c1-4-38-41(56)9-7-34-24-37(67)26-39(45(34)38)47-46(57)48-40(29-58-47)49(65-17-5-12-53(3,70)30-65)61-51(60-48)71-32-55(13-14-55)31-62-18-15-54(16-19-62)27-36(28-54)64-22-20-63(21-23-64)35-8-11-42-44(25-35)72-52(69)66(42)43-10-6-33(2)59-50(43)68/h7-9,11,24-26,29,36,43,67,70H,2,4-6,10,12-23,27-28,30-32H2,1,3H3,(H,59,68)/t43?,53-/m1/s1. The number of β-amino-alcohol motifs (C(OH)–C–C–N with tert-alkyl or cyclic N) is 1. The van der Waals surface area contributed by atoms with Gasteiger partial charge in [0.15, 0.2) is 11.4 Å². The number of aryl methyl sites for hydroxylation is 1. The number of aliphatic hydroxyl groups is 1. The Morgan fingerprint density at radius 2 is 1.74 bits per heavy atom. The molecule has 3 aromatic carbocycles. The molecule has 2 atom stereocenters. The van der Waals surface area contributed by atoms with Crippen molar-refractivity contribution in [3.8, 4) is 23.0 Å². The number of carbonyl (C=O) groups excluding carboxylic acids is 1. The highest BCUT2D eigenvalue weighted by atomic mass is 19.1. The first kappa shape index (κ1) is 46.9. The maximum absolute atomic E-state index is 17.2. The molecule has 378 valence electrons. The molecule has 72 heavy (non-hydrogen) atoms. The van der Waals surface area contributed by atoms with E-state index >= 15 is 8.78 Å². The molecule has 4 aliphatic heterocycles. The predicted molar refractivity (Wildman–Crippen MR) is 271 cm³/mol. The van der Waals surface area contributed by atoms with Crippen LogP contribution in [0, 0.1) is 22.5 Å². The Hall–Kier alpha value is -6.17. The van der Waals surface area contributed by atoms with Gasteiger partial charge in [-0.05, 0) is 143 Å². The van der Waals surface area contributed by atoms with Crippen LogP contribution in [0.15, 0.2) is 70.1 Å². The summed E-state index contributed by atoms with van der Waals surface area (Å²) >= 11 is 0. The molecule has 6 aliphatic rings. The van der Waals surface area contributed by atoms with Crippen molar-refractivity contribution in [1.29, 1.82) is 0 Å². The van der Waals surface area contributed by atoms with Gasteiger partial charge in [0.05, 0.1) is 23.1 Å². The van der Waals surface area contributed by atoms with Gasteiger partial charge in [0, 0.05) is 86.5 Å². The molecule has 6 fully saturated rings. The first-order valence-corrected chi connectivity index (χ1v) is 25.9. The third-order valence-corrected chi connectivity index (χ3v) is 17.1. The smallest absolute Gasteiger partial charge is 0.420 e. The van der Waals surface area contributed by atoms with Gasteiger partial charge in [-0.2, -0.15) is 9.97 Å². The van der Waals surface area contributed by atoms with Crippen LogP contribution in [-0.4, -0.2) is 123 Å². The summed E-state index contributed by atoms with van der Waals surface area (Å²) in [5.74, 6) is -1.51. The second-order valence-corrected chi connectivity index (χ2v) is 22.2. The van der Waals surface area contributed by atoms with E-state index in [1.54, 1.807) is 25.3 Å². The molecular formula is C55H63F2N9O6. The number of rotatable bonds is 11. The Labute approximate surface area is 416 Å². The number of pyridine rings is 1. The predicted octanol–water partition coefficient (Wildman–Crippen LogP) is 7.84. The minimum absolute atomic E-state index is 0.0171. The summed E-state index contributed by atoms with van der Waals surface area (Å²) in [5, 5.41) is 26.1. The molecule has 3 aromatic heterocycles. The van der Waals surface area contributed by atoms with Crippen molar-refractivity contribution >= 4 is 50.2 Å². The average Bonchev–Trinajstić information content (AvgIpc) is 4.04.